The highest BCUT2D eigenvalue weighted by atomic mass is 35.5. The number of benzene rings is 3. The van der Waals surface area contributed by atoms with Gasteiger partial charge in [-0.25, -0.2) is 8.42 Å². The van der Waals surface area contributed by atoms with Gasteiger partial charge in [0.25, 0.3) is 15.9 Å². The maximum Gasteiger partial charge on any atom is 0.262 e. The Morgan fingerprint density at radius 3 is 2.19 bits per heavy atom. The highest BCUT2D eigenvalue weighted by Gasteiger charge is 2.15. The normalized spacial score (nSPS) is 11.0. The molecule has 168 valence electrons. The van der Waals surface area contributed by atoms with Crippen molar-refractivity contribution < 1.29 is 22.7 Å². The lowest BCUT2D eigenvalue weighted by Gasteiger charge is -2.12. The first-order valence-corrected chi connectivity index (χ1v) is 11.6. The number of nitrogens with one attached hydrogen (secondary N) is 2. The van der Waals surface area contributed by atoms with Crippen molar-refractivity contribution in [1.29, 1.82) is 0 Å². The zero-order chi connectivity index (χ0) is 23.3. The molecule has 32 heavy (non-hydrogen) atoms. The number of methoxy groups -OCH3 is 1. The monoisotopic (exact) mass is 514 g/mol. The van der Waals surface area contributed by atoms with E-state index in [2.05, 4.69) is 10.0 Å². The van der Waals surface area contributed by atoms with Gasteiger partial charge in [0.15, 0.2) is 6.61 Å². The van der Waals surface area contributed by atoms with Crippen LogP contribution in [0.2, 0.25) is 15.1 Å². The molecule has 3 aromatic rings. The highest BCUT2D eigenvalue weighted by molar-refractivity contribution is 7.92. The van der Waals surface area contributed by atoms with Gasteiger partial charge in [-0.05, 0) is 60.7 Å². The summed E-state index contributed by atoms with van der Waals surface area (Å²) in [7, 11) is -2.40. The predicted molar refractivity (Wildman–Crippen MR) is 126 cm³/mol. The number of ether oxygens (including phenoxy) is 2. The lowest BCUT2D eigenvalue weighted by Crippen LogP contribution is -2.20. The maximum atomic E-state index is 12.6. The first-order valence-electron chi connectivity index (χ1n) is 9.01. The molecule has 0 heterocycles. The Balaban J connectivity index is 1.62. The highest BCUT2D eigenvalue weighted by Crippen LogP contribution is 2.28. The summed E-state index contributed by atoms with van der Waals surface area (Å²) in [5.41, 5.74) is 0.637. The summed E-state index contributed by atoms with van der Waals surface area (Å²) in [6.07, 6.45) is 0. The predicted octanol–water partition coefficient (Wildman–Crippen LogP) is 5.47. The van der Waals surface area contributed by atoms with Crippen molar-refractivity contribution in [3.05, 3.63) is 75.7 Å². The number of sulfonamides is 1. The number of hydrogen-bond acceptors (Lipinski definition) is 5. The van der Waals surface area contributed by atoms with Gasteiger partial charge in [0, 0.05) is 15.1 Å². The summed E-state index contributed by atoms with van der Waals surface area (Å²) in [5, 5.41) is 3.68. The van der Waals surface area contributed by atoms with Crippen molar-refractivity contribution in [2.45, 2.75) is 4.90 Å². The minimum atomic E-state index is -3.88. The number of anilines is 2. The summed E-state index contributed by atoms with van der Waals surface area (Å²) in [4.78, 5) is 12.2. The number of carbonyl (C=O) groups is 1. The molecule has 2 N–H and O–H groups in total. The molecule has 3 rings (SSSR count). The molecule has 0 aliphatic carbocycles. The minimum Gasteiger partial charge on any atom is -0.495 e. The van der Waals surface area contributed by atoms with Crippen LogP contribution in [-0.4, -0.2) is 28.0 Å². The summed E-state index contributed by atoms with van der Waals surface area (Å²) in [5.74, 6) is 0.315. The Bertz CT molecular complexity index is 1210. The van der Waals surface area contributed by atoms with E-state index in [9.17, 15) is 13.2 Å². The van der Waals surface area contributed by atoms with Gasteiger partial charge in [-0.15, -0.1) is 0 Å². The fourth-order valence-corrected chi connectivity index (χ4v) is 4.39. The van der Waals surface area contributed by atoms with E-state index in [4.69, 9.17) is 44.3 Å². The van der Waals surface area contributed by atoms with E-state index in [1.165, 1.54) is 49.6 Å². The average molecular weight is 516 g/mol. The molecule has 0 bridgehead atoms. The number of halogens is 3. The molecular weight excluding hydrogens is 499 g/mol. The third-order valence-electron chi connectivity index (χ3n) is 4.05. The molecule has 0 radical (unpaired) electrons. The van der Waals surface area contributed by atoms with E-state index in [0.717, 1.165) is 0 Å². The summed E-state index contributed by atoms with van der Waals surface area (Å²) in [6, 6.07) is 14.8. The second-order valence-electron chi connectivity index (χ2n) is 6.42. The van der Waals surface area contributed by atoms with Crippen LogP contribution < -0.4 is 19.5 Å². The molecule has 0 saturated carbocycles. The fourth-order valence-electron chi connectivity index (χ4n) is 2.65. The van der Waals surface area contributed by atoms with Gasteiger partial charge in [-0.2, -0.15) is 0 Å². The number of hydrogen-bond donors (Lipinski definition) is 2. The van der Waals surface area contributed by atoms with Crippen molar-refractivity contribution in [3.63, 3.8) is 0 Å². The van der Waals surface area contributed by atoms with Crippen LogP contribution in [0, 0.1) is 0 Å². The Morgan fingerprint density at radius 1 is 0.906 bits per heavy atom. The zero-order valence-corrected chi connectivity index (χ0v) is 19.6. The molecule has 1 amide bonds. The van der Waals surface area contributed by atoms with Crippen LogP contribution in [0.25, 0.3) is 0 Å². The Hall–Kier alpha value is -2.65. The number of rotatable bonds is 8. The standard InChI is InChI=1S/C21H17Cl3N2O5S/c1-30-20-7-2-13(22)11-19(20)25-21(27)12-31-17-3-5-18(6-4-17)32(28,29)26-16-9-14(23)8-15(24)10-16/h2-11,26H,12H2,1H3,(H,25,27). The van der Waals surface area contributed by atoms with Gasteiger partial charge in [0.1, 0.15) is 11.5 Å². The zero-order valence-electron chi connectivity index (χ0n) is 16.6. The van der Waals surface area contributed by atoms with Crippen molar-refractivity contribution >= 4 is 62.1 Å². The first kappa shape index (κ1) is 24.0. The van der Waals surface area contributed by atoms with Gasteiger partial charge in [-0.1, -0.05) is 34.8 Å². The topological polar surface area (TPSA) is 93.7 Å². The van der Waals surface area contributed by atoms with Crippen LogP contribution in [0.3, 0.4) is 0 Å². The molecule has 0 saturated heterocycles. The molecule has 0 aliphatic heterocycles. The van der Waals surface area contributed by atoms with E-state index in [1.807, 2.05) is 0 Å². The molecule has 0 aromatic heterocycles. The molecule has 7 nitrogen and oxygen atoms in total. The molecular formula is C21H17Cl3N2O5S. The lowest BCUT2D eigenvalue weighted by atomic mass is 10.3. The van der Waals surface area contributed by atoms with Gasteiger partial charge in [0.2, 0.25) is 0 Å². The fraction of sp³-hybridized carbons (Fsp3) is 0.0952. The van der Waals surface area contributed by atoms with Gasteiger partial charge < -0.3 is 14.8 Å². The number of carbonyl (C=O) groups excluding carboxylic acids is 1. The molecule has 11 heteroatoms. The third kappa shape index (κ3) is 6.43. The van der Waals surface area contributed by atoms with Crippen LogP contribution in [0.1, 0.15) is 0 Å². The summed E-state index contributed by atoms with van der Waals surface area (Å²) < 4.78 is 38.1. The van der Waals surface area contributed by atoms with Gasteiger partial charge in [-0.3, -0.25) is 9.52 Å². The first-order chi connectivity index (χ1) is 15.2. The van der Waals surface area contributed by atoms with E-state index in [-0.39, 0.29) is 17.2 Å². The minimum absolute atomic E-state index is 0.00550. The van der Waals surface area contributed by atoms with Crippen molar-refractivity contribution in [3.8, 4) is 11.5 Å². The van der Waals surface area contributed by atoms with E-state index in [0.29, 0.717) is 32.3 Å². The molecule has 0 fully saturated rings. The quantitative estimate of drug-likeness (QED) is 0.415. The Kier molecular flexibility index (Phi) is 7.73. The third-order valence-corrected chi connectivity index (χ3v) is 6.12. The maximum absolute atomic E-state index is 12.6. The second-order valence-corrected chi connectivity index (χ2v) is 9.41. The van der Waals surface area contributed by atoms with Gasteiger partial charge >= 0.3 is 0 Å². The largest absolute Gasteiger partial charge is 0.495 e. The molecule has 0 aliphatic rings. The second kappa shape index (κ2) is 10.3. The SMILES string of the molecule is COc1ccc(Cl)cc1NC(=O)COc1ccc(S(=O)(=O)Nc2cc(Cl)cc(Cl)c2)cc1. The number of amides is 1. The van der Waals surface area contributed by atoms with Crippen LogP contribution >= 0.6 is 34.8 Å². The van der Waals surface area contributed by atoms with Crippen LogP contribution in [0.4, 0.5) is 11.4 Å². The summed E-state index contributed by atoms with van der Waals surface area (Å²) in [6.45, 7) is -0.305. The van der Waals surface area contributed by atoms with Crippen molar-refractivity contribution in [1.82, 2.24) is 0 Å². The van der Waals surface area contributed by atoms with Crippen LogP contribution in [0.15, 0.2) is 65.6 Å². The molecule has 0 unspecified atom stereocenters. The van der Waals surface area contributed by atoms with Crippen LogP contribution in [-0.2, 0) is 14.8 Å². The van der Waals surface area contributed by atoms with E-state index in [1.54, 1.807) is 18.2 Å². The Morgan fingerprint density at radius 2 is 1.56 bits per heavy atom. The van der Waals surface area contributed by atoms with Crippen LogP contribution in [0.5, 0.6) is 11.5 Å². The lowest BCUT2D eigenvalue weighted by molar-refractivity contribution is -0.118. The van der Waals surface area contributed by atoms with Crippen molar-refractivity contribution in [2.24, 2.45) is 0 Å². The van der Waals surface area contributed by atoms with Crippen molar-refractivity contribution in [2.75, 3.05) is 23.8 Å². The molecule has 3 aromatic carbocycles. The molecule has 0 spiro atoms. The smallest absolute Gasteiger partial charge is 0.262 e. The average Bonchev–Trinajstić information content (AvgIpc) is 2.71. The van der Waals surface area contributed by atoms with Gasteiger partial charge in [0.05, 0.1) is 23.4 Å². The Labute approximate surface area is 200 Å². The van der Waals surface area contributed by atoms with E-state index >= 15 is 0 Å². The molecule has 0 atom stereocenters. The summed E-state index contributed by atoms with van der Waals surface area (Å²) >= 11 is 17.7. The van der Waals surface area contributed by atoms with E-state index < -0.39 is 15.9 Å².